The molecule has 0 aliphatic carbocycles. The molecule has 2 aromatic carbocycles. The van der Waals surface area contributed by atoms with E-state index in [1.807, 2.05) is 0 Å². The predicted molar refractivity (Wildman–Crippen MR) is 76.6 cm³/mol. The summed E-state index contributed by atoms with van der Waals surface area (Å²) in [6, 6.07) is 8.67. The summed E-state index contributed by atoms with van der Waals surface area (Å²) in [5.41, 5.74) is 0.227. The number of aryl methyl sites for hydroxylation is 1. The fourth-order valence-electron chi connectivity index (χ4n) is 1.95. The summed E-state index contributed by atoms with van der Waals surface area (Å²) in [6.45, 7) is 1.54. The van der Waals surface area contributed by atoms with E-state index >= 15 is 0 Å². The number of hydrogen-bond acceptors (Lipinski definition) is 2. The van der Waals surface area contributed by atoms with E-state index in [0.29, 0.717) is 16.3 Å². The number of aromatic hydroxyl groups is 1. The van der Waals surface area contributed by atoms with Crippen molar-refractivity contribution in [1.29, 1.82) is 0 Å². The molecule has 0 saturated heterocycles. The molecule has 21 heavy (non-hydrogen) atoms. The van der Waals surface area contributed by atoms with Crippen molar-refractivity contribution in [2.24, 2.45) is 0 Å². The van der Waals surface area contributed by atoms with E-state index in [-0.39, 0.29) is 17.9 Å². The summed E-state index contributed by atoms with van der Waals surface area (Å²) in [6.07, 6.45) is -4.39. The minimum Gasteiger partial charge on any atom is -0.508 e. The summed E-state index contributed by atoms with van der Waals surface area (Å²) in [5, 5.41) is 12.9. The highest BCUT2D eigenvalue weighted by molar-refractivity contribution is 6.31. The second kappa shape index (κ2) is 5.85. The Bertz CT molecular complexity index is 636. The number of alkyl halides is 3. The van der Waals surface area contributed by atoms with E-state index in [9.17, 15) is 18.3 Å². The molecule has 0 atom stereocenters. The Kier molecular flexibility index (Phi) is 4.32. The number of rotatable bonds is 3. The molecule has 0 aliphatic rings. The fraction of sp³-hybridized carbons (Fsp3) is 0.200. The number of phenols is 1. The molecule has 2 nitrogen and oxygen atoms in total. The third-order valence-corrected chi connectivity index (χ3v) is 3.46. The monoisotopic (exact) mass is 315 g/mol. The van der Waals surface area contributed by atoms with Gasteiger partial charge in [0, 0.05) is 22.8 Å². The van der Waals surface area contributed by atoms with Crippen LogP contribution < -0.4 is 5.32 Å². The van der Waals surface area contributed by atoms with Crippen LogP contribution >= 0.6 is 11.6 Å². The Labute approximate surface area is 125 Å². The Morgan fingerprint density at radius 2 is 1.90 bits per heavy atom. The first-order valence-corrected chi connectivity index (χ1v) is 6.55. The first kappa shape index (κ1) is 15.5. The summed E-state index contributed by atoms with van der Waals surface area (Å²) < 4.78 is 38.5. The van der Waals surface area contributed by atoms with Gasteiger partial charge in [-0.1, -0.05) is 23.7 Å². The highest BCUT2D eigenvalue weighted by Gasteiger charge is 2.32. The summed E-state index contributed by atoms with van der Waals surface area (Å²) in [5.74, 6) is -0.00171. The topological polar surface area (TPSA) is 32.3 Å². The zero-order chi connectivity index (χ0) is 15.6. The molecule has 6 heteroatoms. The molecule has 0 bridgehead atoms. The maximum Gasteiger partial charge on any atom is 0.416 e. The highest BCUT2D eigenvalue weighted by Crippen LogP contribution is 2.34. The Morgan fingerprint density at radius 3 is 2.52 bits per heavy atom. The van der Waals surface area contributed by atoms with Gasteiger partial charge >= 0.3 is 6.18 Å². The number of phenolic OH excluding ortho intramolecular Hbond substituents is 1. The third kappa shape index (κ3) is 3.61. The Balaban J connectivity index is 2.22. The van der Waals surface area contributed by atoms with E-state index < -0.39 is 11.7 Å². The molecule has 0 amide bonds. The molecule has 0 aromatic heterocycles. The molecule has 0 radical (unpaired) electrons. The zero-order valence-corrected chi connectivity index (χ0v) is 11.9. The number of nitrogens with one attached hydrogen (secondary N) is 1. The lowest BCUT2D eigenvalue weighted by Gasteiger charge is -2.14. The molecule has 0 fully saturated rings. The summed E-state index contributed by atoms with van der Waals surface area (Å²) >= 11 is 5.94. The van der Waals surface area contributed by atoms with Gasteiger partial charge in [0.05, 0.1) is 5.56 Å². The Morgan fingerprint density at radius 1 is 1.19 bits per heavy atom. The van der Waals surface area contributed by atoms with Gasteiger partial charge < -0.3 is 10.4 Å². The number of benzene rings is 2. The predicted octanol–water partition coefficient (Wildman–Crippen LogP) is 4.98. The lowest BCUT2D eigenvalue weighted by Crippen LogP contribution is -2.09. The van der Waals surface area contributed by atoms with Crippen LogP contribution in [0.3, 0.4) is 0 Å². The van der Waals surface area contributed by atoms with Crippen molar-refractivity contribution in [2.45, 2.75) is 19.6 Å². The second-order valence-electron chi connectivity index (χ2n) is 4.62. The molecule has 0 aliphatic heterocycles. The lowest BCUT2D eigenvalue weighted by atomic mass is 10.1. The zero-order valence-electron chi connectivity index (χ0n) is 11.1. The van der Waals surface area contributed by atoms with Crippen molar-refractivity contribution < 1.29 is 18.3 Å². The van der Waals surface area contributed by atoms with Crippen molar-refractivity contribution in [2.75, 3.05) is 5.32 Å². The average Bonchev–Trinajstić information content (AvgIpc) is 2.38. The first-order valence-electron chi connectivity index (χ1n) is 6.17. The van der Waals surface area contributed by atoms with Gasteiger partial charge in [0.15, 0.2) is 0 Å². The number of halogens is 4. The smallest absolute Gasteiger partial charge is 0.416 e. The SMILES string of the molecule is Cc1ccc(NCc2c(O)cccc2Cl)cc1C(F)(F)F. The van der Waals surface area contributed by atoms with Crippen LogP contribution in [0.4, 0.5) is 18.9 Å². The minimum absolute atomic E-state index is 0.00171. The van der Waals surface area contributed by atoms with Crippen LogP contribution in [0.2, 0.25) is 5.02 Å². The molecule has 0 heterocycles. The van der Waals surface area contributed by atoms with Crippen LogP contribution in [0.5, 0.6) is 5.75 Å². The molecule has 2 N–H and O–H groups in total. The summed E-state index contributed by atoms with van der Waals surface area (Å²) in [7, 11) is 0. The van der Waals surface area contributed by atoms with E-state index in [1.165, 1.54) is 19.1 Å². The van der Waals surface area contributed by atoms with Gasteiger partial charge in [-0.05, 0) is 36.8 Å². The van der Waals surface area contributed by atoms with E-state index in [0.717, 1.165) is 6.07 Å². The Hall–Kier alpha value is -1.88. The number of anilines is 1. The highest BCUT2D eigenvalue weighted by atomic mass is 35.5. The maximum absolute atomic E-state index is 12.8. The van der Waals surface area contributed by atoms with Crippen molar-refractivity contribution in [3.8, 4) is 5.75 Å². The average molecular weight is 316 g/mol. The van der Waals surface area contributed by atoms with Crippen LogP contribution in [0.15, 0.2) is 36.4 Å². The fourth-order valence-corrected chi connectivity index (χ4v) is 2.19. The van der Waals surface area contributed by atoms with E-state index in [2.05, 4.69) is 5.32 Å². The number of hydrogen-bond donors (Lipinski definition) is 2. The molecule has 2 rings (SSSR count). The van der Waals surface area contributed by atoms with Gasteiger partial charge in [0.1, 0.15) is 5.75 Å². The summed E-state index contributed by atoms with van der Waals surface area (Å²) in [4.78, 5) is 0. The van der Waals surface area contributed by atoms with Gasteiger partial charge in [0.25, 0.3) is 0 Å². The minimum atomic E-state index is -4.39. The van der Waals surface area contributed by atoms with Crippen molar-refractivity contribution in [1.82, 2.24) is 0 Å². The van der Waals surface area contributed by atoms with Crippen LogP contribution in [0.25, 0.3) is 0 Å². The van der Waals surface area contributed by atoms with Gasteiger partial charge in [-0.3, -0.25) is 0 Å². The van der Waals surface area contributed by atoms with Gasteiger partial charge in [-0.15, -0.1) is 0 Å². The largest absolute Gasteiger partial charge is 0.508 e. The van der Waals surface area contributed by atoms with E-state index in [4.69, 9.17) is 11.6 Å². The van der Waals surface area contributed by atoms with Crippen LogP contribution in [0.1, 0.15) is 16.7 Å². The molecule has 0 saturated carbocycles. The van der Waals surface area contributed by atoms with E-state index in [1.54, 1.807) is 18.2 Å². The van der Waals surface area contributed by atoms with Crippen molar-refractivity contribution in [3.63, 3.8) is 0 Å². The van der Waals surface area contributed by atoms with Gasteiger partial charge in [-0.2, -0.15) is 13.2 Å². The molecular formula is C15H13ClF3NO. The maximum atomic E-state index is 12.8. The molecular weight excluding hydrogens is 303 g/mol. The quantitative estimate of drug-likeness (QED) is 0.836. The molecule has 112 valence electrons. The van der Waals surface area contributed by atoms with Crippen molar-refractivity contribution >= 4 is 17.3 Å². The van der Waals surface area contributed by atoms with Crippen molar-refractivity contribution in [3.05, 3.63) is 58.1 Å². The van der Waals surface area contributed by atoms with Gasteiger partial charge in [-0.25, -0.2) is 0 Å². The molecule has 0 spiro atoms. The first-order chi connectivity index (χ1) is 9.79. The normalized spacial score (nSPS) is 11.5. The van der Waals surface area contributed by atoms with Crippen LogP contribution in [0, 0.1) is 6.92 Å². The molecule has 2 aromatic rings. The lowest BCUT2D eigenvalue weighted by molar-refractivity contribution is -0.138. The third-order valence-electron chi connectivity index (χ3n) is 3.11. The second-order valence-corrected chi connectivity index (χ2v) is 5.03. The van der Waals surface area contributed by atoms with Crippen LogP contribution in [-0.2, 0) is 12.7 Å². The standard InChI is InChI=1S/C15H13ClF3NO/c1-9-5-6-10(7-12(9)15(17,18)19)20-8-11-13(16)3-2-4-14(11)21/h2-7,20-21H,8H2,1H3. The molecule has 0 unspecified atom stereocenters. The van der Waals surface area contributed by atoms with Gasteiger partial charge in [0.2, 0.25) is 0 Å². The van der Waals surface area contributed by atoms with Crippen LogP contribution in [-0.4, -0.2) is 5.11 Å².